The van der Waals surface area contributed by atoms with Gasteiger partial charge in [-0.25, -0.2) is 0 Å². The Morgan fingerprint density at radius 3 is 0.556 bits per heavy atom. The van der Waals surface area contributed by atoms with Crippen LogP contribution in [0.2, 0.25) is 0 Å². The van der Waals surface area contributed by atoms with Gasteiger partial charge in [-0.3, -0.25) is 9.97 Å². The van der Waals surface area contributed by atoms with Crippen LogP contribution in [0, 0.1) is 0 Å². The molecule has 10 aromatic rings. The van der Waals surface area contributed by atoms with Crippen LogP contribution in [0.3, 0.4) is 0 Å². The Morgan fingerprint density at radius 1 is 0.194 bits per heavy atom. The fraction of sp³-hybridized carbons (Fsp3) is 0.408. The van der Waals surface area contributed by atoms with E-state index in [-0.39, 0.29) is 32.5 Å². The molecule has 0 amide bonds. The van der Waals surface area contributed by atoms with Crippen LogP contribution in [0.25, 0.3) is 11.4 Å². The molecule has 10 rings (SSSR count). The smallest absolute Gasteiger partial charge is 0.119 e. The van der Waals surface area contributed by atoms with Crippen molar-refractivity contribution in [2.75, 3.05) is 79.3 Å². The predicted molar refractivity (Wildman–Crippen MR) is 443 cm³/mol. The largest absolute Gasteiger partial charge is 0.491 e. The summed E-state index contributed by atoms with van der Waals surface area (Å²) in [6, 6.07) is 80.9. The molecule has 10 nitrogen and oxygen atoms in total. The lowest BCUT2D eigenvalue weighted by Crippen LogP contribution is -2.31. The number of hydrogen-bond acceptors (Lipinski definition) is 10. The molecule has 0 aliphatic rings. The van der Waals surface area contributed by atoms with Crippen LogP contribution in [0.4, 0.5) is 0 Å². The van der Waals surface area contributed by atoms with Crippen molar-refractivity contribution in [3.8, 4) is 22.9 Å². The van der Waals surface area contributed by atoms with Gasteiger partial charge in [-0.2, -0.15) is 0 Å². The van der Waals surface area contributed by atoms with Crippen molar-refractivity contribution in [3.63, 3.8) is 0 Å². The third-order valence-electron chi connectivity index (χ3n) is 20.6. The summed E-state index contributed by atoms with van der Waals surface area (Å²) in [7, 11) is 0. The molecule has 0 aliphatic heterocycles. The minimum atomic E-state index is -0.594. The van der Waals surface area contributed by atoms with E-state index in [1.807, 2.05) is 36.7 Å². The van der Waals surface area contributed by atoms with Gasteiger partial charge in [0.1, 0.15) is 24.7 Å². The Balaban J connectivity index is 0.603. The second-order valence-corrected chi connectivity index (χ2v) is 34.9. The highest BCUT2D eigenvalue weighted by atomic mass is 16.6. The van der Waals surface area contributed by atoms with E-state index in [4.69, 9.17) is 37.9 Å². The molecule has 0 saturated heterocycles. The maximum absolute atomic E-state index is 6.26. The molecule has 2 aromatic heterocycles. The lowest BCUT2D eigenvalue weighted by Gasteiger charge is -2.38. The predicted octanol–water partition coefficient (Wildman–Crippen LogP) is 22.0. The molecule has 0 radical (unpaired) electrons. The fourth-order valence-electron chi connectivity index (χ4n) is 13.9. The summed E-state index contributed by atoms with van der Waals surface area (Å²) < 4.78 is 47.8. The minimum absolute atomic E-state index is 0.0265. The quantitative estimate of drug-likeness (QED) is 0.0292. The van der Waals surface area contributed by atoms with E-state index in [9.17, 15) is 0 Å². The first-order chi connectivity index (χ1) is 51.3. The van der Waals surface area contributed by atoms with Gasteiger partial charge < -0.3 is 37.9 Å². The van der Waals surface area contributed by atoms with E-state index < -0.39 is 10.8 Å². The van der Waals surface area contributed by atoms with E-state index in [2.05, 4.69) is 329 Å². The molecule has 0 N–H and O–H groups in total. The monoisotopic (exact) mass is 1450 g/mol. The highest BCUT2D eigenvalue weighted by molar-refractivity contribution is 5.64. The number of ether oxygens (including phenoxy) is 8. The van der Waals surface area contributed by atoms with Crippen LogP contribution in [-0.4, -0.2) is 89.3 Å². The Bertz CT molecular complexity index is 3790. The Labute approximate surface area is 647 Å². The minimum Gasteiger partial charge on any atom is -0.491 e. The second-order valence-electron chi connectivity index (χ2n) is 34.9. The molecule has 0 saturated carbocycles. The van der Waals surface area contributed by atoms with Gasteiger partial charge in [0.15, 0.2) is 0 Å². The first kappa shape index (κ1) is 81.9. The van der Waals surface area contributed by atoms with E-state index in [1.54, 1.807) is 0 Å². The highest BCUT2D eigenvalue weighted by Gasteiger charge is 2.41. The second kappa shape index (κ2) is 35.8. The number of hydrogen-bond donors (Lipinski definition) is 0. The number of aromatic nitrogens is 2. The molecule has 0 aliphatic carbocycles. The van der Waals surface area contributed by atoms with Gasteiger partial charge in [0.2, 0.25) is 0 Å². The van der Waals surface area contributed by atoms with Crippen molar-refractivity contribution in [1.29, 1.82) is 0 Å². The Kier molecular flexibility index (Phi) is 27.2. The zero-order valence-corrected chi connectivity index (χ0v) is 68.0. The first-order valence-corrected chi connectivity index (χ1v) is 38.8. The molecule has 2 heterocycles. The lowest BCUT2D eigenvalue weighted by molar-refractivity contribution is 0.00593. The average molecular weight is 1450 g/mol. The normalized spacial score (nSPS) is 12.7. The van der Waals surface area contributed by atoms with Crippen molar-refractivity contribution in [2.24, 2.45) is 0 Å². The van der Waals surface area contributed by atoms with Gasteiger partial charge in [-0.15, -0.1) is 0 Å². The summed E-state index contributed by atoms with van der Waals surface area (Å²) in [6.45, 7) is 47.1. The summed E-state index contributed by atoms with van der Waals surface area (Å²) in [5.74, 6) is 1.59. The summed E-state index contributed by atoms with van der Waals surface area (Å²) >= 11 is 0. The third kappa shape index (κ3) is 21.1. The molecule has 10 heteroatoms. The van der Waals surface area contributed by atoms with Gasteiger partial charge in [0, 0.05) is 12.4 Å². The number of benzene rings is 8. The SMILES string of the molecule is CC(C)(C)c1ccc(C(c2ccc(OCCOCCOCCOCc3ccc(-c4ccc(COCCOCCOCCOc5ccc(C(c6ccc(C(C)(C)C)cc6)(c6ccc(C(C)(C)C)cc6)c6ccc(C(C)(C)C)cc6)cc5)cn4)nc3)cc2)(c2ccc(C(C)(C)C)cc2)c2ccc(C(C)(C)C)cc2)cc1. The highest BCUT2D eigenvalue weighted by Crippen LogP contribution is 2.49. The van der Waals surface area contributed by atoms with E-state index >= 15 is 0 Å². The maximum Gasteiger partial charge on any atom is 0.119 e. The molecular formula is C98H120N2O8. The number of nitrogens with zero attached hydrogens (tertiary/aromatic N) is 2. The molecule has 570 valence electrons. The molecule has 0 atom stereocenters. The van der Waals surface area contributed by atoms with E-state index in [0.29, 0.717) is 92.5 Å². The molecule has 108 heavy (non-hydrogen) atoms. The molecule has 0 bridgehead atoms. The van der Waals surface area contributed by atoms with Gasteiger partial charge in [0.25, 0.3) is 0 Å². The molecule has 0 spiro atoms. The molecule has 0 unspecified atom stereocenters. The average Bonchev–Trinajstić information content (AvgIpc) is 0.734. The summed E-state index contributed by atoms with van der Waals surface area (Å²) in [4.78, 5) is 9.33. The summed E-state index contributed by atoms with van der Waals surface area (Å²) in [5, 5.41) is 0. The van der Waals surface area contributed by atoms with Gasteiger partial charge in [0.05, 0.1) is 102 Å². The molecule has 0 fully saturated rings. The van der Waals surface area contributed by atoms with Crippen molar-refractivity contribution in [3.05, 3.63) is 320 Å². The maximum atomic E-state index is 6.26. The van der Waals surface area contributed by atoms with Gasteiger partial charge in [-0.1, -0.05) is 307 Å². The fourth-order valence-corrected chi connectivity index (χ4v) is 13.9. The Hall–Kier alpha value is -8.58. The van der Waals surface area contributed by atoms with E-state index in [0.717, 1.165) is 34.0 Å². The van der Waals surface area contributed by atoms with Crippen LogP contribution >= 0.6 is 0 Å². The van der Waals surface area contributed by atoms with Crippen LogP contribution in [-0.2, 0) is 85.0 Å². The van der Waals surface area contributed by atoms with Crippen LogP contribution in [0.1, 0.15) is 214 Å². The van der Waals surface area contributed by atoms with Crippen molar-refractivity contribution >= 4 is 0 Å². The van der Waals surface area contributed by atoms with Gasteiger partial charge in [-0.05, 0) is 158 Å². The van der Waals surface area contributed by atoms with Crippen molar-refractivity contribution < 1.29 is 37.9 Å². The van der Waals surface area contributed by atoms with Gasteiger partial charge >= 0.3 is 0 Å². The van der Waals surface area contributed by atoms with Crippen molar-refractivity contribution in [1.82, 2.24) is 9.97 Å². The zero-order valence-electron chi connectivity index (χ0n) is 68.0. The van der Waals surface area contributed by atoms with E-state index in [1.165, 1.54) is 77.9 Å². The standard InChI is InChI=1S/C98H120N2O8/c1-91(2,3)73-21-33-79(34-22-73)97(80-35-23-74(24-36-80)92(4,5)6,81-37-25-75(26-38-81)93(7,8)9)85-45-49-87(50-46-85)107-65-63-103-57-55-101-59-61-105-69-71-19-53-89(99-67-71)90-54-20-72(68-100-90)70-106-62-60-102-56-58-104-64-66-108-88-51-47-86(48-52-88)98(82-39-27-76(28-40-82)94(10,11)12,83-41-29-77(30-42-83)95(13,14)15)84-43-31-78(32-44-84)96(16,17)18/h19-54,67-68H,55-66,69-70H2,1-18H3. The lowest BCUT2D eigenvalue weighted by atomic mass is 9.64. The number of pyridine rings is 2. The van der Waals surface area contributed by atoms with Crippen LogP contribution in [0.5, 0.6) is 11.5 Å². The third-order valence-corrected chi connectivity index (χ3v) is 20.6. The number of rotatable bonds is 33. The topological polar surface area (TPSA) is 99.6 Å². The molecule has 8 aromatic carbocycles. The summed E-state index contributed by atoms with van der Waals surface area (Å²) in [5.41, 5.74) is 19.9. The zero-order chi connectivity index (χ0) is 77.4. The van der Waals surface area contributed by atoms with Crippen LogP contribution < -0.4 is 9.47 Å². The van der Waals surface area contributed by atoms with Crippen molar-refractivity contribution in [2.45, 2.75) is 181 Å². The van der Waals surface area contributed by atoms with Crippen LogP contribution in [0.15, 0.2) is 231 Å². The summed E-state index contributed by atoms with van der Waals surface area (Å²) in [6.07, 6.45) is 3.66. The Morgan fingerprint density at radius 2 is 0.370 bits per heavy atom. The molecular weight excluding hydrogens is 1330 g/mol. The first-order valence-electron chi connectivity index (χ1n) is 38.8.